The first-order valence-electron chi connectivity index (χ1n) is 10.4. The smallest absolute Gasteiger partial charge is 0.253 e. The summed E-state index contributed by atoms with van der Waals surface area (Å²) in [5, 5.41) is 0. The average molecular weight is 403 g/mol. The molecule has 0 atom stereocenters. The highest BCUT2D eigenvalue weighted by Crippen LogP contribution is 2.42. The van der Waals surface area contributed by atoms with E-state index in [4.69, 9.17) is 9.47 Å². The third-order valence-corrected chi connectivity index (χ3v) is 6.33. The van der Waals surface area contributed by atoms with Gasteiger partial charge in [0.2, 0.25) is 0 Å². The fourth-order valence-corrected chi connectivity index (χ4v) is 4.64. The molecule has 0 saturated carbocycles. The molecule has 1 spiro atoms. The molecule has 1 amide bonds. The number of aromatic nitrogens is 2. The Labute approximate surface area is 176 Å². The average Bonchev–Trinajstić information content (AvgIpc) is 3.34. The van der Waals surface area contributed by atoms with Crippen LogP contribution in [0.4, 0.5) is 0 Å². The van der Waals surface area contributed by atoms with E-state index in [0.717, 1.165) is 30.7 Å². The summed E-state index contributed by atoms with van der Waals surface area (Å²) >= 11 is 0. The summed E-state index contributed by atoms with van der Waals surface area (Å²) in [6.45, 7) is 2.09. The van der Waals surface area contributed by atoms with E-state index < -0.39 is 0 Å². The fourth-order valence-electron chi connectivity index (χ4n) is 4.64. The summed E-state index contributed by atoms with van der Waals surface area (Å²) in [5.41, 5.74) is 3.97. The number of imidazole rings is 1. The number of hydrogen-bond acceptors (Lipinski definition) is 4. The summed E-state index contributed by atoms with van der Waals surface area (Å²) in [6, 6.07) is 14.0. The van der Waals surface area contributed by atoms with Crippen molar-refractivity contribution in [2.45, 2.75) is 24.9 Å². The number of hydrogen-bond donors (Lipinski definition) is 0. The van der Waals surface area contributed by atoms with Gasteiger partial charge in [-0.1, -0.05) is 6.07 Å². The Morgan fingerprint density at radius 3 is 2.63 bits per heavy atom. The Balaban J connectivity index is 1.30. The van der Waals surface area contributed by atoms with Gasteiger partial charge in [0, 0.05) is 36.7 Å². The van der Waals surface area contributed by atoms with Gasteiger partial charge in [0.25, 0.3) is 5.91 Å². The summed E-state index contributed by atoms with van der Waals surface area (Å²) in [7, 11) is 1.70. The van der Waals surface area contributed by atoms with E-state index in [0.29, 0.717) is 25.3 Å². The molecule has 3 heterocycles. The van der Waals surface area contributed by atoms with Crippen molar-refractivity contribution < 1.29 is 14.3 Å². The van der Waals surface area contributed by atoms with Crippen molar-refractivity contribution >= 4 is 5.91 Å². The number of benzene rings is 2. The first kappa shape index (κ1) is 18.9. The predicted molar refractivity (Wildman–Crippen MR) is 113 cm³/mol. The maximum absolute atomic E-state index is 13.0. The molecule has 1 saturated heterocycles. The lowest BCUT2D eigenvalue weighted by Gasteiger charge is -2.45. The van der Waals surface area contributed by atoms with E-state index in [1.165, 1.54) is 11.1 Å². The Bertz CT molecular complexity index is 1040. The summed E-state index contributed by atoms with van der Waals surface area (Å²) in [5.74, 6) is 0.963. The first-order chi connectivity index (χ1) is 14.7. The van der Waals surface area contributed by atoms with Crippen LogP contribution in [0.5, 0.6) is 5.75 Å². The van der Waals surface area contributed by atoms with Gasteiger partial charge in [-0.2, -0.15) is 0 Å². The number of carbonyl (C=O) groups is 1. The lowest BCUT2D eigenvalue weighted by atomic mass is 9.79. The van der Waals surface area contributed by atoms with Crippen LogP contribution in [0.1, 0.15) is 34.3 Å². The lowest BCUT2D eigenvalue weighted by Crippen LogP contribution is -2.48. The van der Waals surface area contributed by atoms with Gasteiger partial charge in [-0.25, -0.2) is 4.98 Å². The summed E-state index contributed by atoms with van der Waals surface area (Å²) < 4.78 is 13.6. The van der Waals surface area contributed by atoms with Crippen LogP contribution in [-0.2, 0) is 16.8 Å². The highest BCUT2D eigenvalue weighted by atomic mass is 16.5. The lowest BCUT2D eigenvalue weighted by molar-refractivity contribution is -0.0935. The van der Waals surface area contributed by atoms with Crippen molar-refractivity contribution in [3.05, 3.63) is 77.9 Å². The minimum atomic E-state index is -0.290. The Kier molecular flexibility index (Phi) is 4.79. The van der Waals surface area contributed by atoms with Gasteiger partial charge >= 0.3 is 0 Å². The van der Waals surface area contributed by atoms with Crippen molar-refractivity contribution in [1.82, 2.24) is 14.5 Å². The number of methoxy groups -OCH3 is 1. The molecule has 154 valence electrons. The molecule has 6 heteroatoms. The second-order valence-corrected chi connectivity index (χ2v) is 7.92. The standard InChI is InChI=1S/C24H25N3O3/c1-29-21-6-7-22-19(16-21)8-15-30-24(22)9-12-26(13-10-24)23(28)18-2-4-20(5-3-18)27-14-11-25-17-27/h2-7,11,14,16-17H,8-10,12-13,15H2,1H3. The molecular weight excluding hydrogens is 378 g/mol. The van der Waals surface area contributed by atoms with E-state index in [1.807, 2.05) is 46.0 Å². The van der Waals surface area contributed by atoms with Crippen LogP contribution in [0.25, 0.3) is 5.69 Å². The second kappa shape index (κ2) is 7.61. The van der Waals surface area contributed by atoms with E-state index in [1.54, 1.807) is 19.6 Å². The first-order valence-corrected chi connectivity index (χ1v) is 10.4. The second-order valence-electron chi connectivity index (χ2n) is 7.92. The van der Waals surface area contributed by atoms with Gasteiger partial charge in [-0.05, 0) is 66.8 Å². The van der Waals surface area contributed by atoms with Crippen LogP contribution in [0.3, 0.4) is 0 Å². The number of nitrogens with zero attached hydrogens (tertiary/aromatic N) is 3. The van der Waals surface area contributed by atoms with Crippen molar-refractivity contribution in [2.24, 2.45) is 0 Å². The molecule has 2 aliphatic rings. The number of ether oxygens (including phenoxy) is 2. The molecule has 0 radical (unpaired) electrons. The third kappa shape index (κ3) is 3.27. The molecule has 0 unspecified atom stereocenters. The number of carbonyl (C=O) groups excluding carboxylic acids is 1. The Morgan fingerprint density at radius 2 is 1.93 bits per heavy atom. The fraction of sp³-hybridized carbons (Fsp3) is 0.333. The van der Waals surface area contributed by atoms with E-state index >= 15 is 0 Å². The molecule has 2 aromatic carbocycles. The molecule has 30 heavy (non-hydrogen) atoms. The minimum Gasteiger partial charge on any atom is -0.497 e. The summed E-state index contributed by atoms with van der Waals surface area (Å²) in [4.78, 5) is 19.1. The number of amides is 1. The third-order valence-electron chi connectivity index (χ3n) is 6.33. The largest absolute Gasteiger partial charge is 0.497 e. The zero-order chi connectivity index (χ0) is 20.6. The van der Waals surface area contributed by atoms with Gasteiger partial charge < -0.3 is 18.9 Å². The molecule has 1 aromatic heterocycles. The maximum atomic E-state index is 13.0. The van der Waals surface area contributed by atoms with Gasteiger partial charge in [-0.3, -0.25) is 4.79 Å². The Morgan fingerprint density at radius 1 is 1.13 bits per heavy atom. The predicted octanol–water partition coefficient (Wildman–Crippen LogP) is 3.59. The van der Waals surface area contributed by atoms with Crippen molar-refractivity contribution in [3.8, 4) is 11.4 Å². The highest BCUT2D eigenvalue weighted by Gasteiger charge is 2.41. The molecule has 5 rings (SSSR count). The summed E-state index contributed by atoms with van der Waals surface area (Å²) in [6.07, 6.45) is 7.90. The molecule has 2 aliphatic heterocycles. The van der Waals surface area contributed by atoms with Crippen molar-refractivity contribution in [2.75, 3.05) is 26.8 Å². The quantitative estimate of drug-likeness (QED) is 0.671. The number of fused-ring (bicyclic) bond motifs is 2. The maximum Gasteiger partial charge on any atom is 0.253 e. The van der Waals surface area contributed by atoms with Crippen LogP contribution in [0, 0.1) is 0 Å². The molecule has 0 N–H and O–H groups in total. The van der Waals surface area contributed by atoms with E-state index in [2.05, 4.69) is 17.1 Å². The van der Waals surface area contributed by atoms with Crippen LogP contribution >= 0.6 is 0 Å². The van der Waals surface area contributed by atoms with Gasteiger partial charge in [0.05, 0.1) is 25.6 Å². The number of piperidine rings is 1. The van der Waals surface area contributed by atoms with E-state index in [9.17, 15) is 4.79 Å². The zero-order valence-electron chi connectivity index (χ0n) is 17.1. The van der Waals surface area contributed by atoms with E-state index in [-0.39, 0.29) is 11.5 Å². The highest BCUT2D eigenvalue weighted by molar-refractivity contribution is 5.94. The zero-order valence-corrected chi connectivity index (χ0v) is 17.1. The molecule has 3 aromatic rings. The number of rotatable bonds is 3. The van der Waals surface area contributed by atoms with Crippen molar-refractivity contribution in [1.29, 1.82) is 0 Å². The number of likely N-dealkylation sites (tertiary alicyclic amines) is 1. The van der Waals surface area contributed by atoms with Gasteiger partial charge in [0.1, 0.15) is 5.75 Å². The minimum absolute atomic E-state index is 0.0767. The van der Waals surface area contributed by atoms with Crippen LogP contribution in [0.2, 0.25) is 0 Å². The Hall–Kier alpha value is -3.12. The molecule has 0 bridgehead atoms. The van der Waals surface area contributed by atoms with Crippen molar-refractivity contribution in [3.63, 3.8) is 0 Å². The molecular formula is C24H25N3O3. The molecule has 0 aliphatic carbocycles. The van der Waals surface area contributed by atoms with Crippen LogP contribution in [0.15, 0.2) is 61.2 Å². The SMILES string of the molecule is COc1ccc2c(c1)CCOC21CCN(C(=O)c2ccc(-n3ccnc3)cc2)CC1. The normalized spacial score (nSPS) is 17.6. The topological polar surface area (TPSA) is 56.6 Å². The van der Waals surface area contributed by atoms with Crippen LogP contribution < -0.4 is 4.74 Å². The molecule has 6 nitrogen and oxygen atoms in total. The molecule has 1 fully saturated rings. The van der Waals surface area contributed by atoms with Crippen LogP contribution in [-0.4, -0.2) is 47.2 Å². The van der Waals surface area contributed by atoms with Gasteiger partial charge in [-0.15, -0.1) is 0 Å². The monoisotopic (exact) mass is 403 g/mol. The van der Waals surface area contributed by atoms with Gasteiger partial charge in [0.15, 0.2) is 0 Å².